The summed E-state index contributed by atoms with van der Waals surface area (Å²) in [5, 5.41) is 10.0. The van der Waals surface area contributed by atoms with Crippen molar-refractivity contribution in [3.8, 4) is 0 Å². The van der Waals surface area contributed by atoms with Gasteiger partial charge in [0.05, 0.1) is 6.10 Å². The number of aliphatic hydroxyl groups is 1. The van der Waals surface area contributed by atoms with Crippen LogP contribution in [0.15, 0.2) is 0 Å². The lowest BCUT2D eigenvalue weighted by Crippen LogP contribution is -2.34. The standard InChI is InChI=1S/C17H33NO3/c1-3-4-12-18(13-8-5-6-10-16(2)20)15-17(21)11-7-9-14-19/h14,17,21H,3-13,15H2,1-2H3. The molecule has 0 aromatic heterocycles. The first-order chi connectivity index (χ1) is 10.1. The first-order valence-corrected chi connectivity index (χ1v) is 8.43. The number of ketones is 1. The van der Waals surface area contributed by atoms with E-state index in [1.54, 1.807) is 6.92 Å². The first-order valence-electron chi connectivity index (χ1n) is 8.43. The van der Waals surface area contributed by atoms with Crippen LogP contribution in [-0.2, 0) is 9.59 Å². The number of nitrogens with zero attached hydrogens (tertiary/aromatic N) is 1. The van der Waals surface area contributed by atoms with Crippen molar-refractivity contribution < 1.29 is 14.7 Å². The average molecular weight is 299 g/mol. The Balaban J connectivity index is 3.89. The van der Waals surface area contributed by atoms with E-state index in [0.717, 1.165) is 57.9 Å². The molecule has 4 heteroatoms. The predicted molar refractivity (Wildman–Crippen MR) is 86.4 cm³/mol. The lowest BCUT2D eigenvalue weighted by molar-refractivity contribution is -0.117. The minimum Gasteiger partial charge on any atom is -0.392 e. The highest BCUT2D eigenvalue weighted by molar-refractivity contribution is 5.75. The number of rotatable bonds is 15. The summed E-state index contributed by atoms with van der Waals surface area (Å²) in [6.45, 7) is 6.52. The van der Waals surface area contributed by atoms with Gasteiger partial charge in [0.25, 0.3) is 0 Å². The van der Waals surface area contributed by atoms with Crippen LogP contribution in [0, 0.1) is 0 Å². The fraction of sp³-hybridized carbons (Fsp3) is 0.882. The van der Waals surface area contributed by atoms with E-state index >= 15 is 0 Å². The normalized spacial score (nSPS) is 12.6. The maximum Gasteiger partial charge on any atom is 0.129 e. The number of hydrogen-bond acceptors (Lipinski definition) is 4. The third-order valence-corrected chi connectivity index (χ3v) is 3.66. The Labute approximate surface area is 129 Å². The lowest BCUT2D eigenvalue weighted by atomic mass is 10.1. The lowest BCUT2D eigenvalue weighted by Gasteiger charge is -2.25. The van der Waals surface area contributed by atoms with E-state index in [1.807, 2.05) is 0 Å². The van der Waals surface area contributed by atoms with Crippen molar-refractivity contribution in [2.45, 2.75) is 77.7 Å². The molecule has 1 N–H and O–H groups in total. The molecule has 0 amide bonds. The summed E-state index contributed by atoms with van der Waals surface area (Å²) >= 11 is 0. The number of Topliss-reactive ketones (excluding diaryl/α,β-unsaturated/α-hetero) is 1. The molecular weight excluding hydrogens is 266 g/mol. The zero-order chi connectivity index (χ0) is 15.9. The molecule has 1 atom stereocenters. The maximum atomic E-state index is 10.9. The van der Waals surface area contributed by atoms with Crippen LogP contribution in [0.2, 0.25) is 0 Å². The van der Waals surface area contributed by atoms with Gasteiger partial charge in [0.1, 0.15) is 12.1 Å². The molecule has 0 saturated heterocycles. The van der Waals surface area contributed by atoms with Crippen molar-refractivity contribution in [1.29, 1.82) is 0 Å². The molecule has 0 aliphatic rings. The Hall–Kier alpha value is -0.740. The van der Waals surface area contributed by atoms with Crippen molar-refractivity contribution in [2.24, 2.45) is 0 Å². The van der Waals surface area contributed by atoms with Gasteiger partial charge in [-0.15, -0.1) is 0 Å². The molecule has 0 aliphatic heterocycles. The zero-order valence-corrected chi connectivity index (χ0v) is 13.9. The van der Waals surface area contributed by atoms with Crippen molar-refractivity contribution in [3.05, 3.63) is 0 Å². The van der Waals surface area contributed by atoms with Gasteiger partial charge in [-0.05, 0) is 52.1 Å². The van der Waals surface area contributed by atoms with Gasteiger partial charge in [-0.1, -0.05) is 19.8 Å². The topological polar surface area (TPSA) is 57.6 Å². The van der Waals surface area contributed by atoms with Crippen molar-refractivity contribution in [3.63, 3.8) is 0 Å². The quantitative estimate of drug-likeness (QED) is 0.373. The van der Waals surface area contributed by atoms with Gasteiger partial charge in [-0.2, -0.15) is 0 Å². The number of hydrogen-bond donors (Lipinski definition) is 1. The van der Waals surface area contributed by atoms with E-state index in [9.17, 15) is 14.7 Å². The van der Waals surface area contributed by atoms with E-state index in [4.69, 9.17) is 0 Å². The summed E-state index contributed by atoms with van der Waals surface area (Å²) in [7, 11) is 0. The number of aliphatic hydroxyl groups excluding tert-OH is 1. The van der Waals surface area contributed by atoms with Crippen LogP contribution >= 0.6 is 0 Å². The number of carbonyl (C=O) groups excluding carboxylic acids is 2. The summed E-state index contributed by atoms with van der Waals surface area (Å²) in [4.78, 5) is 23.5. The molecule has 0 heterocycles. The molecule has 0 radical (unpaired) electrons. The van der Waals surface area contributed by atoms with E-state index < -0.39 is 0 Å². The second kappa shape index (κ2) is 14.2. The van der Waals surface area contributed by atoms with Crippen LogP contribution in [0.25, 0.3) is 0 Å². The highest BCUT2D eigenvalue weighted by atomic mass is 16.3. The van der Waals surface area contributed by atoms with Gasteiger partial charge in [-0.3, -0.25) is 0 Å². The van der Waals surface area contributed by atoms with Crippen molar-refractivity contribution >= 4 is 12.1 Å². The highest BCUT2D eigenvalue weighted by Gasteiger charge is 2.11. The van der Waals surface area contributed by atoms with Crippen LogP contribution in [0.1, 0.15) is 71.6 Å². The monoisotopic (exact) mass is 299 g/mol. The summed E-state index contributed by atoms with van der Waals surface area (Å²) < 4.78 is 0. The van der Waals surface area contributed by atoms with E-state index in [0.29, 0.717) is 25.8 Å². The number of aldehydes is 1. The minimum absolute atomic E-state index is 0.267. The zero-order valence-electron chi connectivity index (χ0n) is 13.9. The second-order valence-electron chi connectivity index (χ2n) is 5.92. The smallest absolute Gasteiger partial charge is 0.129 e. The molecule has 0 fully saturated rings. The number of unbranched alkanes of at least 4 members (excludes halogenated alkanes) is 4. The Morgan fingerprint density at radius 2 is 1.86 bits per heavy atom. The summed E-state index contributed by atoms with van der Waals surface area (Å²) in [6, 6.07) is 0. The molecule has 0 bridgehead atoms. The Morgan fingerprint density at radius 1 is 1.14 bits per heavy atom. The molecule has 21 heavy (non-hydrogen) atoms. The molecule has 0 spiro atoms. The van der Waals surface area contributed by atoms with Crippen molar-refractivity contribution in [2.75, 3.05) is 19.6 Å². The molecule has 4 nitrogen and oxygen atoms in total. The Bertz CT molecular complexity index is 269. The second-order valence-corrected chi connectivity index (χ2v) is 5.92. The molecule has 124 valence electrons. The van der Waals surface area contributed by atoms with Crippen LogP contribution in [0.4, 0.5) is 0 Å². The largest absolute Gasteiger partial charge is 0.392 e. The van der Waals surface area contributed by atoms with Gasteiger partial charge in [0.15, 0.2) is 0 Å². The summed E-state index contributed by atoms with van der Waals surface area (Å²) in [5.41, 5.74) is 0. The van der Waals surface area contributed by atoms with Gasteiger partial charge < -0.3 is 19.6 Å². The molecule has 1 unspecified atom stereocenters. The Morgan fingerprint density at radius 3 is 2.48 bits per heavy atom. The number of carbonyl (C=O) groups is 2. The van der Waals surface area contributed by atoms with E-state index in [1.165, 1.54) is 0 Å². The van der Waals surface area contributed by atoms with Crippen LogP contribution in [0.3, 0.4) is 0 Å². The van der Waals surface area contributed by atoms with Gasteiger partial charge in [0, 0.05) is 19.4 Å². The van der Waals surface area contributed by atoms with E-state index in [2.05, 4.69) is 11.8 Å². The van der Waals surface area contributed by atoms with Crippen LogP contribution in [-0.4, -0.2) is 47.8 Å². The van der Waals surface area contributed by atoms with Gasteiger partial charge >= 0.3 is 0 Å². The van der Waals surface area contributed by atoms with Crippen LogP contribution in [0.5, 0.6) is 0 Å². The third-order valence-electron chi connectivity index (χ3n) is 3.66. The molecule has 0 aliphatic carbocycles. The first kappa shape index (κ1) is 20.3. The summed E-state index contributed by atoms with van der Waals surface area (Å²) in [6.07, 6.45) is 8.70. The highest BCUT2D eigenvalue weighted by Crippen LogP contribution is 2.07. The fourth-order valence-corrected chi connectivity index (χ4v) is 2.39. The average Bonchev–Trinajstić information content (AvgIpc) is 2.44. The molecule has 0 saturated carbocycles. The van der Waals surface area contributed by atoms with E-state index in [-0.39, 0.29) is 11.9 Å². The molecule has 0 aromatic carbocycles. The molecule has 0 rings (SSSR count). The van der Waals surface area contributed by atoms with Gasteiger partial charge in [-0.25, -0.2) is 0 Å². The fourth-order valence-electron chi connectivity index (χ4n) is 2.39. The predicted octanol–water partition coefficient (Wildman–Crippen LogP) is 2.97. The van der Waals surface area contributed by atoms with Crippen LogP contribution < -0.4 is 0 Å². The summed E-state index contributed by atoms with van der Waals surface area (Å²) in [5.74, 6) is 0.267. The minimum atomic E-state index is -0.334. The van der Waals surface area contributed by atoms with Crippen molar-refractivity contribution in [1.82, 2.24) is 4.90 Å². The SMILES string of the molecule is CCCCN(CCCCCC(C)=O)CC(O)CCCC=O. The molecule has 0 aromatic rings. The Kier molecular flexibility index (Phi) is 13.7. The maximum absolute atomic E-state index is 10.9. The molecular formula is C17H33NO3. The van der Waals surface area contributed by atoms with Gasteiger partial charge in [0.2, 0.25) is 0 Å². The third kappa shape index (κ3) is 14.0.